The van der Waals surface area contributed by atoms with Crippen molar-refractivity contribution in [2.75, 3.05) is 0 Å². The number of fused-ring (bicyclic) bond motifs is 1. The zero-order valence-electron chi connectivity index (χ0n) is 10.7. The van der Waals surface area contributed by atoms with Gasteiger partial charge in [0.2, 0.25) is 0 Å². The van der Waals surface area contributed by atoms with Gasteiger partial charge in [-0.25, -0.2) is 4.39 Å². The van der Waals surface area contributed by atoms with Gasteiger partial charge in [-0.05, 0) is 31.5 Å². The van der Waals surface area contributed by atoms with Crippen LogP contribution in [-0.2, 0) is 18.3 Å². The van der Waals surface area contributed by atoms with Gasteiger partial charge in [-0.15, -0.1) is 0 Å². The van der Waals surface area contributed by atoms with Crippen molar-refractivity contribution in [2.45, 2.75) is 19.8 Å². The fourth-order valence-electron chi connectivity index (χ4n) is 2.21. The van der Waals surface area contributed by atoms with Crippen LogP contribution < -0.4 is 5.43 Å². The van der Waals surface area contributed by atoms with E-state index >= 15 is 0 Å². The number of benzene rings is 1. The quantitative estimate of drug-likeness (QED) is 0.921. The monoisotopic (exact) mass is 263 g/mol. The average molecular weight is 263 g/mol. The van der Waals surface area contributed by atoms with Crippen molar-refractivity contribution in [3.63, 3.8) is 0 Å². The SMILES string of the molecule is Cc1c(CCC(=O)O)c(=O)c2ccc(F)cc2n1C. The molecule has 100 valence electrons. The maximum atomic E-state index is 13.2. The molecule has 1 aromatic heterocycles. The fourth-order valence-corrected chi connectivity index (χ4v) is 2.21. The summed E-state index contributed by atoms with van der Waals surface area (Å²) in [5.74, 6) is -1.35. The zero-order valence-corrected chi connectivity index (χ0v) is 10.7. The first kappa shape index (κ1) is 13.3. The molecule has 1 N–H and O–H groups in total. The maximum Gasteiger partial charge on any atom is 0.303 e. The number of pyridine rings is 1. The molecule has 0 aliphatic heterocycles. The number of nitrogens with zero attached hydrogens (tertiary/aromatic N) is 1. The molecule has 0 saturated heterocycles. The van der Waals surface area contributed by atoms with Crippen molar-refractivity contribution < 1.29 is 14.3 Å². The van der Waals surface area contributed by atoms with Crippen molar-refractivity contribution >= 4 is 16.9 Å². The van der Waals surface area contributed by atoms with Crippen LogP contribution in [0, 0.1) is 12.7 Å². The molecule has 0 saturated carbocycles. The number of rotatable bonds is 3. The number of carboxylic acid groups (broad SMARTS) is 1. The van der Waals surface area contributed by atoms with Crippen LogP contribution in [0.3, 0.4) is 0 Å². The molecule has 19 heavy (non-hydrogen) atoms. The van der Waals surface area contributed by atoms with E-state index in [4.69, 9.17) is 5.11 Å². The van der Waals surface area contributed by atoms with Crippen LogP contribution in [0.4, 0.5) is 4.39 Å². The number of carboxylic acids is 1. The van der Waals surface area contributed by atoms with Crippen LogP contribution in [-0.4, -0.2) is 15.6 Å². The molecule has 0 amide bonds. The van der Waals surface area contributed by atoms with Gasteiger partial charge >= 0.3 is 5.97 Å². The third-order valence-electron chi connectivity index (χ3n) is 3.37. The first-order chi connectivity index (χ1) is 8.91. The van der Waals surface area contributed by atoms with E-state index in [1.54, 1.807) is 18.5 Å². The van der Waals surface area contributed by atoms with E-state index in [-0.39, 0.29) is 18.3 Å². The highest BCUT2D eigenvalue weighted by atomic mass is 19.1. The summed E-state index contributed by atoms with van der Waals surface area (Å²) >= 11 is 0. The van der Waals surface area contributed by atoms with Crippen molar-refractivity contribution in [3.05, 3.63) is 45.5 Å². The zero-order chi connectivity index (χ0) is 14.2. The molecule has 0 unspecified atom stereocenters. The van der Waals surface area contributed by atoms with Gasteiger partial charge < -0.3 is 9.67 Å². The lowest BCUT2D eigenvalue weighted by Crippen LogP contribution is -2.18. The molecule has 1 heterocycles. The Kier molecular flexibility index (Phi) is 3.38. The van der Waals surface area contributed by atoms with E-state index in [9.17, 15) is 14.0 Å². The summed E-state index contributed by atoms with van der Waals surface area (Å²) < 4.78 is 15.0. The van der Waals surface area contributed by atoms with Crippen LogP contribution in [0.1, 0.15) is 17.7 Å². The number of aryl methyl sites for hydroxylation is 1. The molecule has 2 aromatic rings. The molecule has 0 aliphatic carbocycles. The summed E-state index contributed by atoms with van der Waals surface area (Å²) in [6, 6.07) is 3.99. The van der Waals surface area contributed by atoms with Gasteiger partial charge in [0.05, 0.1) is 5.52 Å². The van der Waals surface area contributed by atoms with Crippen molar-refractivity contribution in [2.24, 2.45) is 7.05 Å². The summed E-state index contributed by atoms with van der Waals surface area (Å²) in [4.78, 5) is 22.9. The first-order valence-electron chi connectivity index (χ1n) is 5.91. The van der Waals surface area contributed by atoms with Crippen molar-refractivity contribution in [3.8, 4) is 0 Å². The van der Waals surface area contributed by atoms with E-state index in [2.05, 4.69) is 0 Å². The van der Waals surface area contributed by atoms with Crippen LogP contribution in [0.25, 0.3) is 10.9 Å². The molecule has 2 rings (SSSR count). The lowest BCUT2D eigenvalue weighted by molar-refractivity contribution is -0.136. The van der Waals surface area contributed by atoms with Gasteiger partial charge in [0, 0.05) is 30.1 Å². The predicted molar refractivity (Wildman–Crippen MR) is 69.8 cm³/mol. The highest BCUT2D eigenvalue weighted by Crippen LogP contribution is 2.17. The summed E-state index contributed by atoms with van der Waals surface area (Å²) in [7, 11) is 1.74. The average Bonchev–Trinajstić information content (AvgIpc) is 2.35. The van der Waals surface area contributed by atoms with Crippen molar-refractivity contribution in [1.82, 2.24) is 4.57 Å². The molecule has 0 bridgehead atoms. The Labute approximate surface area is 109 Å². The number of hydrogen-bond acceptors (Lipinski definition) is 2. The smallest absolute Gasteiger partial charge is 0.303 e. The van der Waals surface area contributed by atoms with E-state index in [0.29, 0.717) is 22.2 Å². The Hall–Kier alpha value is -2.17. The molecule has 5 heteroatoms. The molecule has 0 aliphatic rings. The number of aromatic nitrogens is 1. The summed E-state index contributed by atoms with van der Waals surface area (Å²) in [5, 5.41) is 9.13. The summed E-state index contributed by atoms with van der Waals surface area (Å²) in [6.07, 6.45) is 0.0872. The fraction of sp³-hybridized carbons (Fsp3) is 0.286. The Morgan fingerprint density at radius 3 is 2.74 bits per heavy atom. The Morgan fingerprint density at radius 2 is 2.11 bits per heavy atom. The summed E-state index contributed by atoms with van der Waals surface area (Å²) in [6.45, 7) is 1.74. The van der Waals surface area contributed by atoms with Gasteiger partial charge in [0.15, 0.2) is 5.43 Å². The highest BCUT2D eigenvalue weighted by molar-refractivity contribution is 5.80. The minimum atomic E-state index is -0.944. The van der Waals surface area contributed by atoms with Crippen LogP contribution >= 0.6 is 0 Å². The molecular weight excluding hydrogens is 249 g/mol. The molecule has 0 radical (unpaired) electrons. The Morgan fingerprint density at radius 1 is 1.42 bits per heavy atom. The number of carbonyl (C=O) groups is 1. The van der Waals surface area contributed by atoms with Gasteiger partial charge in [-0.1, -0.05) is 0 Å². The Balaban J connectivity index is 2.70. The predicted octanol–water partition coefficient (Wildman–Crippen LogP) is 2.00. The largest absolute Gasteiger partial charge is 0.481 e. The number of hydrogen-bond donors (Lipinski definition) is 1. The third kappa shape index (κ3) is 2.36. The lowest BCUT2D eigenvalue weighted by atomic mass is 10.0. The third-order valence-corrected chi connectivity index (χ3v) is 3.37. The number of halogens is 1. The molecule has 0 fully saturated rings. The molecular formula is C14H14FNO3. The molecule has 4 nitrogen and oxygen atoms in total. The second-order valence-electron chi connectivity index (χ2n) is 4.51. The van der Waals surface area contributed by atoms with Crippen molar-refractivity contribution in [1.29, 1.82) is 0 Å². The van der Waals surface area contributed by atoms with Gasteiger partial charge in [0.25, 0.3) is 0 Å². The van der Waals surface area contributed by atoms with E-state index in [1.807, 2.05) is 0 Å². The molecule has 0 spiro atoms. The topological polar surface area (TPSA) is 59.3 Å². The lowest BCUT2D eigenvalue weighted by Gasteiger charge is -2.13. The van der Waals surface area contributed by atoms with Crippen LogP contribution in [0.5, 0.6) is 0 Å². The Bertz CT molecular complexity index is 719. The second-order valence-corrected chi connectivity index (χ2v) is 4.51. The summed E-state index contributed by atoms with van der Waals surface area (Å²) in [5.41, 5.74) is 1.45. The first-order valence-corrected chi connectivity index (χ1v) is 5.91. The maximum absolute atomic E-state index is 13.2. The standard InChI is InChI=1S/C14H14FNO3/c1-8-10(5-6-13(17)18)14(19)11-4-3-9(15)7-12(11)16(8)2/h3-4,7H,5-6H2,1-2H3,(H,17,18). The van der Waals surface area contributed by atoms with E-state index in [1.165, 1.54) is 18.2 Å². The van der Waals surface area contributed by atoms with Crippen LogP contribution in [0.2, 0.25) is 0 Å². The van der Waals surface area contributed by atoms with E-state index in [0.717, 1.165) is 0 Å². The van der Waals surface area contributed by atoms with E-state index < -0.39 is 11.8 Å². The second kappa shape index (κ2) is 4.84. The van der Waals surface area contributed by atoms with Gasteiger partial charge in [-0.2, -0.15) is 0 Å². The minimum Gasteiger partial charge on any atom is -0.481 e. The minimum absolute atomic E-state index is 0.0945. The van der Waals surface area contributed by atoms with Gasteiger partial charge in [-0.3, -0.25) is 9.59 Å². The normalized spacial score (nSPS) is 10.9. The van der Waals surface area contributed by atoms with Crippen LogP contribution in [0.15, 0.2) is 23.0 Å². The molecule has 1 aromatic carbocycles. The molecule has 0 atom stereocenters. The van der Waals surface area contributed by atoms with Gasteiger partial charge in [0.1, 0.15) is 5.82 Å². The number of aliphatic carboxylic acids is 1. The highest BCUT2D eigenvalue weighted by Gasteiger charge is 2.13.